The first-order valence-electron chi connectivity index (χ1n) is 25.1. The van der Waals surface area contributed by atoms with Crippen molar-refractivity contribution in [2.24, 2.45) is 0 Å². The molecule has 0 aromatic heterocycles. The Morgan fingerprint density at radius 1 is 0.459 bits per heavy atom. The van der Waals surface area contributed by atoms with E-state index in [9.17, 15) is 22.6 Å². The van der Waals surface area contributed by atoms with Gasteiger partial charge in [-0.1, -0.05) is 211 Å². The molecule has 0 aliphatic heterocycles. The number of hydrogen-bond acceptors (Lipinski definition) is 7. The molecular formula is C52H89KO7S. The standard InChI is InChI=1S/C52H90O7S.K/c1-3-5-7-9-11-13-15-17-19-21-23-25-27-29-31-33-35-37-39-41-46-58-51(53)48-44-43-45-49(60(55,56)57)50(48)52(54)59-47-42-40-38-36-34-32-30-28-26-24-22-20-18-16-14-12-10-8-6-4-2;/h33-36,43-45H,3-32,37-42,46-47H2,1-2H3,(H,55,56,57);/q;+1/p-1/b35-33+,36-34+;. The van der Waals surface area contributed by atoms with Crippen LogP contribution in [0.4, 0.5) is 0 Å². The second-order valence-corrected chi connectivity index (χ2v) is 18.5. The molecule has 1 aromatic rings. The summed E-state index contributed by atoms with van der Waals surface area (Å²) in [6.07, 6.45) is 53.5. The SMILES string of the molecule is CCCCCCCCCCCCCCCC/C=C/CCCCOC(=O)c1cccc(S(=O)(=O)[O-])c1C(=O)OCCCC/C=C/CCCCCCCCCCCCCCCC.[K+]. The number of carbonyl (C=O) groups is 2. The Balaban J connectivity index is 0.0000360. The van der Waals surface area contributed by atoms with E-state index in [-0.39, 0.29) is 70.2 Å². The van der Waals surface area contributed by atoms with Gasteiger partial charge < -0.3 is 14.0 Å². The summed E-state index contributed by atoms with van der Waals surface area (Å²) in [6, 6.07) is 3.60. The van der Waals surface area contributed by atoms with Crippen molar-refractivity contribution in [3.8, 4) is 0 Å². The smallest absolute Gasteiger partial charge is 0.744 e. The summed E-state index contributed by atoms with van der Waals surface area (Å²) < 4.78 is 46.8. The summed E-state index contributed by atoms with van der Waals surface area (Å²) in [5, 5.41) is 0. The van der Waals surface area contributed by atoms with Crippen molar-refractivity contribution >= 4 is 22.1 Å². The van der Waals surface area contributed by atoms with Crippen molar-refractivity contribution in [2.45, 2.75) is 250 Å². The molecule has 0 fully saturated rings. The fourth-order valence-corrected chi connectivity index (χ4v) is 8.40. The molecular weight excluding hydrogens is 808 g/mol. The predicted molar refractivity (Wildman–Crippen MR) is 251 cm³/mol. The van der Waals surface area contributed by atoms with Gasteiger partial charge in [-0.15, -0.1) is 0 Å². The van der Waals surface area contributed by atoms with Gasteiger partial charge >= 0.3 is 63.3 Å². The zero-order valence-corrected chi connectivity index (χ0v) is 43.6. The molecule has 0 amide bonds. The molecule has 0 N–H and O–H groups in total. The van der Waals surface area contributed by atoms with Crippen LogP contribution in [0.2, 0.25) is 0 Å². The van der Waals surface area contributed by atoms with E-state index in [1.54, 1.807) is 0 Å². The molecule has 346 valence electrons. The molecule has 61 heavy (non-hydrogen) atoms. The first-order valence-corrected chi connectivity index (χ1v) is 26.5. The Hall–Kier alpha value is -0.814. The summed E-state index contributed by atoms with van der Waals surface area (Å²) in [7, 11) is -5.03. The zero-order chi connectivity index (χ0) is 43.6. The minimum atomic E-state index is -5.03. The van der Waals surface area contributed by atoms with Crippen molar-refractivity contribution in [3.63, 3.8) is 0 Å². The predicted octanol–water partition coefficient (Wildman–Crippen LogP) is 13.1. The van der Waals surface area contributed by atoms with Gasteiger partial charge in [-0.2, -0.15) is 0 Å². The summed E-state index contributed by atoms with van der Waals surface area (Å²) >= 11 is 0. The number of benzene rings is 1. The van der Waals surface area contributed by atoms with Crippen molar-refractivity contribution in [3.05, 3.63) is 53.6 Å². The van der Waals surface area contributed by atoms with Crippen LogP contribution in [0.1, 0.15) is 266 Å². The maximum absolute atomic E-state index is 13.0. The molecule has 0 saturated carbocycles. The topological polar surface area (TPSA) is 110 Å². The Morgan fingerprint density at radius 3 is 1.08 bits per heavy atom. The molecule has 0 saturated heterocycles. The first-order chi connectivity index (χ1) is 29.3. The molecule has 0 radical (unpaired) electrons. The van der Waals surface area contributed by atoms with Crippen LogP contribution in [0.5, 0.6) is 0 Å². The van der Waals surface area contributed by atoms with Crippen LogP contribution in [0.3, 0.4) is 0 Å². The van der Waals surface area contributed by atoms with Gasteiger partial charge in [-0.25, -0.2) is 18.0 Å². The summed E-state index contributed by atoms with van der Waals surface area (Å²) in [4.78, 5) is 25.2. The third kappa shape index (κ3) is 36.1. The second kappa shape index (κ2) is 44.4. The molecule has 0 heterocycles. The van der Waals surface area contributed by atoms with Gasteiger partial charge in [0.1, 0.15) is 10.1 Å². The summed E-state index contributed by atoms with van der Waals surface area (Å²) in [6.45, 7) is 4.72. The summed E-state index contributed by atoms with van der Waals surface area (Å²) in [5.74, 6) is -1.85. The van der Waals surface area contributed by atoms with Crippen molar-refractivity contribution in [1.29, 1.82) is 0 Å². The van der Waals surface area contributed by atoms with Gasteiger partial charge in [-0.05, 0) is 76.3 Å². The number of ether oxygens (including phenoxy) is 2. The van der Waals surface area contributed by atoms with Gasteiger partial charge in [0.15, 0.2) is 0 Å². The van der Waals surface area contributed by atoms with Crippen LogP contribution in [0, 0.1) is 0 Å². The van der Waals surface area contributed by atoms with Gasteiger partial charge in [0, 0.05) is 0 Å². The molecule has 0 spiro atoms. The second-order valence-electron chi connectivity index (χ2n) is 17.1. The zero-order valence-electron chi connectivity index (χ0n) is 39.7. The number of allylic oxidation sites excluding steroid dienone is 4. The molecule has 1 rings (SSSR count). The molecule has 0 aliphatic carbocycles. The Bertz CT molecular complexity index is 1340. The van der Waals surface area contributed by atoms with E-state index in [0.717, 1.165) is 44.6 Å². The van der Waals surface area contributed by atoms with Crippen LogP contribution in [0.15, 0.2) is 47.4 Å². The van der Waals surface area contributed by atoms with Crippen molar-refractivity contribution < 1.29 is 83.4 Å². The monoisotopic (exact) mass is 897 g/mol. The van der Waals surface area contributed by atoms with E-state index < -0.39 is 32.5 Å². The minimum absolute atomic E-state index is 0. The van der Waals surface area contributed by atoms with Crippen molar-refractivity contribution in [2.75, 3.05) is 13.2 Å². The molecule has 0 unspecified atom stereocenters. The van der Waals surface area contributed by atoms with E-state index in [0.29, 0.717) is 12.8 Å². The third-order valence-electron chi connectivity index (χ3n) is 11.5. The van der Waals surface area contributed by atoms with Gasteiger partial charge in [0.2, 0.25) is 0 Å². The number of esters is 2. The molecule has 1 aromatic carbocycles. The average molecular weight is 897 g/mol. The third-order valence-corrected chi connectivity index (χ3v) is 12.4. The molecule has 0 bridgehead atoms. The largest absolute Gasteiger partial charge is 1.00 e. The van der Waals surface area contributed by atoms with E-state index in [2.05, 4.69) is 38.2 Å². The van der Waals surface area contributed by atoms with Gasteiger partial charge in [-0.3, -0.25) is 0 Å². The number of unbranched alkanes of at least 4 members (excludes halogenated alkanes) is 32. The van der Waals surface area contributed by atoms with Crippen LogP contribution >= 0.6 is 0 Å². The van der Waals surface area contributed by atoms with Gasteiger partial charge in [0.25, 0.3) is 0 Å². The average Bonchev–Trinajstić information content (AvgIpc) is 3.24. The minimum Gasteiger partial charge on any atom is -0.744 e. The van der Waals surface area contributed by atoms with Crippen LogP contribution in [-0.2, 0) is 19.6 Å². The number of rotatable bonds is 43. The van der Waals surface area contributed by atoms with Crippen LogP contribution < -0.4 is 51.4 Å². The molecule has 0 atom stereocenters. The Morgan fingerprint density at radius 2 is 0.754 bits per heavy atom. The number of hydrogen-bond donors (Lipinski definition) is 0. The van der Waals surface area contributed by atoms with Gasteiger partial charge in [0.05, 0.1) is 29.2 Å². The van der Waals surface area contributed by atoms with E-state index in [1.165, 1.54) is 192 Å². The van der Waals surface area contributed by atoms with Crippen LogP contribution in [0.25, 0.3) is 0 Å². The fourth-order valence-electron chi connectivity index (χ4n) is 7.71. The maximum atomic E-state index is 13.0. The summed E-state index contributed by atoms with van der Waals surface area (Å²) in [5.41, 5.74) is -0.812. The number of carbonyl (C=O) groups excluding carboxylic acids is 2. The first kappa shape index (κ1) is 60.2. The van der Waals surface area contributed by atoms with Crippen molar-refractivity contribution in [1.82, 2.24) is 0 Å². The molecule has 0 aliphatic rings. The van der Waals surface area contributed by atoms with E-state index in [1.807, 2.05) is 0 Å². The molecule has 9 heteroatoms. The van der Waals surface area contributed by atoms with E-state index in [4.69, 9.17) is 9.47 Å². The normalized spacial score (nSPS) is 11.7. The van der Waals surface area contributed by atoms with E-state index >= 15 is 0 Å². The fraction of sp³-hybridized carbons (Fsp3) is 0.769. The van der Waals surface area contributed by atoms with Crippen LogP contribution in [-0.4, -0.2) is 38.1 Å². The quantitative estimate of drug-likeness (QED) is 0.0211. The Labute approximate surface area is 418 Å². The molecule has 7 nitrogen and oxygen atoms in total. The maximum Gasteiger partial charge on any atom is 1.00 e. The Kier molecular flexibility index (Phi) is 43.8.